The van der Waals surface area contributed by atoms with Crippen molar-refractivity contribution in [1.82, 2.24) is 14.9 Å². The predicted molar refractivity (Wildman–Crippen MR) is 109 cm³/mol. The molecule has 2 aromatic carbocycles. The summed E-state index contributed by atoms with van der Waals surface area (Å²) in [5.41, 5.74) is 2.45. The van der Waals surface area contributed by atoms with Gasteiger partial charge in [-0.05, 0) is 30.2 Å². The lowest BCUT2D eigenvalue weighted by atomic mass is 10.2. The molecule has 2 heterocycles. The molecule has 7 nitrogen and oxygen atoms in total. The van der Waals surface area contributed by atoms with Crippen molar-refractivity contribution in [2.45, 2.75) is 20.0 Å². The summed E-state index contributed by atoms with van der Waals surface area (Å²) >= 11 is 0. The summed E-state index contributed by atoms with van der Waals surface area (Å²) in [7, 11) is 0. The van der Waals surface area contributed by atoms with Crippen molar-refractivity contribution in [3.8, 4) is 11.5 Å². The second-order valence-electron chi connectivity index (χ2n) is 6.63. The first-order valence-corrected chi connectivity index (χ1v) is 9.50. The van der Waals surface area contributed by atoms with Crippen LogP contribution in [0, 0.1) is 0 Å². The third-order valence-electron chi connectivity index (χ3n) is 4.67. The number of nitrogens with zero attached hydrogens (tertiary/aromatic N) is 3. The normalized spacial score (nSPS) is 11.9. The lowest BCUT2D eigenvalue weighted by molar-refractivity contribution is 0.0746. The van der Waals surface area contributed by atoms with Gasteiger partial charge in [-0.15, -0.1) is 0 Å². The van der Waals surface area contributed by atoms with E-state index in [0.717, 1.165) is 22.6 Å². The Bertz CT molecular complexity index is 977. The van der Waals surface area contributed by atoms with Crippen LogP contribution in [-0.4, -0.2) is 34.1 Å². The first-order chi connectivity index (χ1) is 14.2. The number of benzene rings is 2. The Balaban J connectivity index is 1.37. The van der Waals surface area contributed by atoms with Crippen LogP contribution in [0.15, 0.2) is 60.9 Å². The van der Waals surface area contributed by atoms with E-state index >= 15 is 0 Å². The third-order valence-corrected chi connectivity index (χ3v) is 4.67. The highest BCUT2D eigenvalue weighted by Crippen LogP contribution is 2.32. The molecule has 0 radical (unpaired) electrons. The molecule has 3 aromatic rings. The van der Waals surface area contributed by atoms with Crippen LogP contribution in [0.2, 0.25) is 0 Å². The number of hydrogen-bond acceptors (Lipinski definition) is 6. The predicted octanol–water partition coefficient (Wildman–Crippen LogP) is 3.48. The van der Waals surface area contributed by atoms with Gasteiger partial charge in [0.15, 0.2) is 11.5 Å². The monoisotopic (exact) mass is 390 g/mol. The van der Waals surface area contributed by atoms with E-state index in [1.54, 1.807) is 11.1 Å². The molecule has 0 saturated carbocycles. The van der Waals surface area contributed by atoms with Gasteiger partial charge in [-0.1, -0.05) is 36.4 Å². The van der Waals surface area contributed by atoms with Crippen molar-refractivity contribution in [1.29, 1.82) is 0 Å². The average molecular weight is 390 g/mol. The largest absolute Gasteiger partial charge is 0.454 e. The minimum atomic E-state index is -0.133. The molecule has 1 amide bonds. The van der Waals surface area contributed by atoms with Crippen LogP contribution >= 0.6 is 0 Å². The SMILES string of the molecule is CCN(Cc1ccccc1)C(=O)c1cnc(NCc2ccc3c(c2)OCO3)cn1. The molecule has 148 valence electrons. The summed E-state index contributed by atoms with van der Waals surface area (Å²) in [5, 5.41) is 3.21. The van der Waals surface area contributed by atoms with E-state index in [0.29, 0.717) is 31.1 Å². The highest BCUT2D eigenvalue weighted by atomic mass is 16.7. The lowest BCUT2D eigenvalue weighted by Gasteiger charge is -2.20. The van der Waals surface area contributed by atoms with E-state index in [2.05, 4.69) is 15.3 Å². The lowest BCUT2D eigenvalue weighted by Crippen LogP contribution is -2.31. The number of carbonyl (C=O) groups excluding carboxylic acids is 1. The molecule has 1 aromatic heterocycles. The zero-order valence-corrected chi connectivity index (χ0v) is 16.2. The van der Waals surface area contributed by atoms with E-state index in [1.807, 2.05) is 55.5 Å². The summed E-state index contributed by atoms with van der Waals surface area (Å²) in [4.78, 5) is 23.1. The minimum Gasteiger partial charge on any atom is -0.454 e. The number of ether oxygens (including phenoxy) is 2. The number of carbonyl (C=O) groups is 1. The molecule has 0 unspecified atom stereocenters. The van der Waals surface area contributed by atoms with Gasteiger partial charge in [-0.2, -0.15) is 0 Å². The Hall–Kier alpha value is -3.61. The average Bonchev–Trinajstić information content (AvgIpc) is 3.24. The first kappa shape index (κ1) is 18.7. The second-order valence-corrected chi connectivity index (χ2v) is 6.63. The maximum atomic E-state index is 12.8. The fourth-order valence-corrected chi connectivity index (χ4v) is 3.07. The Labute approximate surface area is 169 Å². The quantitative estimate of drug-likeness (QED) is 0.666. The molecule has 7 heteroatoms. The van der Waals surface area contributed by atoms with Gasteiger partial charge in [0.05, 0.1) is 12.4 Å². The van der Waals surface area contributed by atoms with Crippen LogP contribution in [0.25, 0.3) is 0 Å². The second kappa shape index (κ2) is 8.60. The van der Waals surface area contributed by atoms with Crippen LogP contribution in [-0.2, 0) is 13.1 Å². The van der Waals surface area contributed by atoms with Crippen molar-refractivity contribution >= 4 is 11.7 Å². The topological polar surface area (TPSA) is 76.6 Å². The van der Waals surface area contributed by atoms with Crippen LogP contribution in [0.4, 0.5) is 5.82 Å². The Morgan fingerprint density at radius 2 is 1.86 bits per heavy atom. The molecule has 0 spiro atoms. The van der Waals surface area contributed by atoms with Crippen molar-refractivity contribution in [3.05, 3.63) is 77.7 Å². The van der Waals surface area contributed by atoms with Gasteiger partial charge in [0, 0.05) is 19.6 Å². The molecule has 0 saturated heterocycles. The zero-order chi connectivity index (χ0) is 20.1. The maximum absolute atomic E-state index is 12.8. The molecule has 4 rings (SSSR count). The number of hydrogen-bond donors (Lipinski definition) is 1. The first-order valence-electron chi connectivity index (χ1n) is 9.50. The molecule has 0 atom stereocenters. The summed E-state index contributed by atoms with van der Waals surface area (Å²) < 4.78 is 10.7. The van der Waals surface area contributed by atoms with Gasteiger partial charge >= 0.3 is 0 Å². The number of nitrogens with one attached hydrogen (secondary N) is 1. The van der Waals surface area contributed by atoms with E-state index < -0.39 is 0 Å². The third kappa shape index (κ3) is 4.45. The summed E-state index contributed by atoms with van der Waals surface area (Å²) in [6.45, 7) is 3.91. The minimum absolute atomic E-state index is 0.133. The van der Waals surface area contributed by atoms with Crippen LogP contribution < -0.4 is 14.8 Å². The Kier molecular flexibility index (Phi) is 5.56. The zero-order valence-electron chi connectivity index (χ0n) is 16.2. The van der Waals surface area contributed by atoms with Gasteiger partial charge in [0.2, 0.25) is 6.79 Å². The molecule has 0 bridgehead atoms. The van der Waals surface area contributed by atoms with E-state index in [9.17, 15) is 4.79 Å². The Morgan fingerprint density at radius 3 is 2.62 bits per heavy atom. The van der Waals surface area contributed by atoms with Crippen molar-refractivity contribution in [2.24, 2.45) is 0 Å². The van der Waals surface area contributed by atoms with Gasteiger partial charge in [-0.3, -0.25) is 4.79 Å². The highest BCUT2D eigenvalue weighted by molar-refractivity contribution is 5.92. The fraction of sp³-hybridized carbons (Fsp3) is 0.227. The summed E-state index contributed by atoms with van der Waals surface area (Å²) in [6, 6.07) is 15.7. The van der Waals surface area contributed by atoms with Gasteiger partial charge in [-0.25, -0.2) is 9.97 Å². The molecular weight excluding hydrogens is 368 g/mol. The number of amides is 1. The van der Waals surface area contributed by atoms with E-state index in [1.165, 1.54) is 6.20 Å². The molecule has 0 fully saturated rings. The van der Waals surface area contributed by atoms with E-state index in [-0.39, 0.29) is 12.7 Å². The molecule has 0 aliphatic carbocycles. The van der Waals surface area contributed by atoms with Crippen molar-refractivity contribution < 1.29 is 14.3 Å². The molecule has 1 aliphatic rings. The van der Waals surface area contributed by atoms with Crippen molar-refractivity contribution in [2.75, 3.05) is 18.7 Å². The Morgan fingerprint density at radius 1 is 1.03 bits per heavy atom. The molecule has 29 heavy (non-hydrogen) atoms. The molecule has 1 N–H and O–H groups in total. The highest BCUT2D eigenvalue weighted by Gasteiger charge is 2.17. The molecule has 1 aliphatic heterocycles. The van der Waals surface area contributed by atoms with Crippen LogP contribution in [0.5, 0.6) is 11.5 Å². The number of anilines is 1. The fourth-order valence-electron chi connectivity index (χ4n) is 3.07. The number of fused-ring (bicyclic) bond motifs is 1. The van der Waals surface area contributed by atoms with Crippen LogP contribution in [0.1, 0.15) is 28.5 Å². The summed E-state index contributed by atoms with van der Waals surface area (Å²) in [6.07, 6.45) is 3.09. The van der Waals surface area contributed by atoms with Crippen LogP contribution in [0.3, 0.4) is 0 Å². The summed E-state index contributed by atoms with van der Waals surface area (Å²) in [5.74, 6) is 1.97. The van der Waals surface area contributed by atoms with E-state index in [4.69, 9.17) is 9.47 Å². The molecular formula is C22H22N4O3. The van der Waals surface area contributed by atoms with Gasteiger partial charge in [0.25, 0.3) is 5.91 Å². The smallest absolute Gasteiger partial charge is 0.274 e. The van der Waals surface area contributed by atoms with Crippen molar-refractivity contribution in [3.63, 3.8) is 0 Å². The van der Waals surface area contributed by atoms with Gasteiger partial charge < -0.3 is 19.7 Å². The number of rotatable bonds is 7. The standard InChI is InChI=1S/C22H22N4O3/c1-2-26(14-16-6-4-3-5-7-16)22(27)18-12-25-21(13-23-18)24-11-17-8-9-19-20(10-17)29-15-28-19/h3-10,12-13H,2,11,14-15H2,1H3,(H,24,25). The maximum Gasteiger partial charge on any atom is 0.274 e. The number of aromatic nitrogens is 2. The van der Waals surface area contributed by atoms with Gasteiger partial charge in [0.1, 0.15) is 11.5 Å².